The molecule has 0 saturated heterocycles. The molecule has 0 aromatic heterocycles. The van der Waals surface area contributed by atoms with Crippen LogP contribution in [0.2, 0.25) is 0 Å². The van der Waals surface area contributed by atoms with E-state index in [0.29, 0.717) is 13.2 Å². The first-order chi connectivity index (χ1) is 8.81. The van der Waals surface area contributed by atoms with Crippen molar-refractivity contribution in [3.05, 3.63) is 36.4 Å². The standard InChI is InChI=1S/C15H23NO2/c1-4-6-7-10-18-14-9-8-13(12-16-3)11-15(14)17-5-2/h4,8-9,11,16H,1,5-7,10,12H2,2-3H3. The average Bonchev–Trinajstić information content (AvgIpc) is 2.37. The van der Waals surface area contributed by atoms with Crippen molar-refractivity contribution < 1.29 is 9.47 Å². The van der Waals surface area contributed by atoms with Crippen LogP contribution in [0.5, 0.6) is 11.5 Å². The van der Waals surface area contributed by atoms with Gasteiger partial charge in [0.2, 0.25) is 0 Å². The fourth-order valence-corrected chi connectivity index (χ4v) is 1.66. The average molecular weight is 249 g/mol. The van der Waals surface area contributed by atoms with Crippen LogP contribution < -0.4 is 14.8 Å². The van der Waals surface area contributed by atoms with E-state index < -0.39 is 0 Å². The van der Waals surface area contributed by atoms with Crippen LogP contribution in [-0.2, 0) is 6.54 Å². The van der Waals surface area contributed by atoms with E-state index in [-0.39, 0.29) is 0 Å². The summed E-state index contributed by atoms with van der Waals surface area (Å²) in [6.45, 7) is 7.84. The van der Waals surface area contributed by atoms with E-state index in [2.05, 4.69) is 18.0 Å². The summed E-state index contributed by atoms with van der Waals surface area (Å²) in [5, 5.41) is 3.13. The lowest BCUT2D eigenvalue weighted by molar-refractivity contribution is 0.274. The van der Waals surface area contributed by atoms with Gasteiger partial charge in [-0.25, -0.2) is 0 Å². The summed E-state index contributed by atoms with van der Waals surface area (Å²) in [6, 6.07) is 6.07. The van der Waals surface area contributed by atoms with E-state index in [1.54, 1.807) is 0 Å². The van der Waals surface area contributed by atoms with Gasteiger partial charge in [0.15, 0.2) is 11.5 Å². The molecule has 3 nitrogen and oxygen atoms in total. The minimum absolute atomic E-state index is 0.645. The number of ether oxygens (including phenoxy) is 2. The number of hydrogen-bond acceptors (Lipinski definition) is 3. The molecular weight excluding hydrogens is 226 g/mol. The second kappa shape index (κ2) is 8.59. The van der Waals surface area contributed by atoms with Crippen molar-refractivity contribution >= 4 is 0 Å². The molecule has 0 aliphatic heterocycles. The predicted molar refractivity (Wildman–Crippen MR) is 75.3 cm³/mol. The summed E-state index contributed by atoms with van der Waals surface area (Å²) < 4.78 is 11.3. The zero-order chi connectivity index (χ0) is 13.2. The summed E-state index contributed by atoms with van der Waals surface area (Å²) in [5.41, 5.74) is 1.19. The highest BCUT2D eigenvalue weighted by Gasteiger charge is 2.06. The van der Waals surface area contributed by atoms with Gasteiger partial charge in [0.25, 0.3) is 0 Å². The molecule has 0 radical (unpaired) electrons. The first-order valence-electron chi connectivity index (χ1n) is 6.45. The van der Waals surface area contributed by atoms with E-state index in [4.69, 9.17) is 9.47 Å². The van der Waals surface area contributed by atoms with Crippen LogP contribution in [0.15, 0.2) is 30.9 Å². The Morgan fingerprint density at radius 2 is 2.11 bits per heavy atom. The number of rotatable bonds is 9. The Hall–Kier alpha value is -1.48. The molecule has 1 N–H and O–H groups in total. The number of nitrogens with one attached hydrogen (secondary N) is 1. The summed E-state index contributed by atoms with van der Waals surface area (Å²) in [6.07, 6.45) is 3.86. The monoisotopic (exact) mass is 249 g/mol. The summed E-state index contributed by atoms with van der Waals surface area (Å²) in [5.74, 6) is 1.64. The SMILES string of the molecule is C=CCCCOc1ccc(CNC)cc1OCC. The van der Waals surface area contributed by atoms with Crippen LogP contribution in [-0.4, -0.2) is 20.3 Å². The van der Waals surface area contributed by atoms with Crippen molar-refractivity contribution in [1.82, 2.24) is 5.32 Å². The highest BCUT2D eigenvalue weighted by atomic mass is 16.5. The molecule has 18 heavy (non-hydrogen) atoms. The molecule has 0 spiro atoms. The molecule has 0 amide bonds. The molecule has 100 valence electrons. The molecule has 0 bridgehead atoms. The Labute approximate surface area is 110 Å². The van der Waals surface area contributed by atoms with Crippen molar-refractivity contribution in [1.29, 1.82) is 0 Å². The van der Waals surface area contributed by atoms with Gasteiger partial charge in [-0.05, 0) is 44.5 Å². The third-order valence-corrected chi connectivity index (χ3v) is 2.50. The molecule has 0 heterocycles. The Morgan fingerprint density at radius 3 is 2.78 bits per heavy atom. The number of hydrogen-bond donors (Lipinski definition) is 1. The zero-order valence-electron chi connectivity index (χ0n) is 11.4. The van der Waals surface area contributed by atoms with Gasteiger partial charge in [-0.15, -0.1) is 6.58 Å². The molecule has 0 aliphatic rings. The molecule has 3 heteroatoms. The lowest BCUT2D eigenvalue weighted by Crippen LogP contribution is -2.06. The van der Waals surface area contributed by atoms with Crippen molar-refractivity contribution in [3.8, 4) is 11.5 Å². The van der Waals surface area contributed by atoms with E-state index >= 15 is 0 Å². The predicted octanol–water partition coefficient (Wildman–Crippen LogP) is 3.15. The van der Waals surface area contributed by atoms with Gasteiger partial charge in [-0.1, -0.05) is 12.1 Å². The minimum Gasteiger partial charge on any atom is -0.490 e. The fourth-order valence-electron chi connectivity index (χ4n) is 1.66. The highest BCUT2D eigenvalue weighted by molar-refractivity contribution is 5.43. The molecule has 0 fully saturated rings. The maximum atomic E-state index is 5.73. The fraction of sp³-hybridized carbons (Fsp3) is 0.467. The minimum atomic E-state index is 0.645. The van der Waals surface area contributed by atoms with E-state index in [1.165, 1.54) is 5.56 Å². The highest BCUT2D eigenvalue weighted by Crippen LogP contribution is 2.28. The van der Waals surface area contributed by atoms with Gasteiger partial charge in [-0.2, -0.15) is 0 Å². The van der Waals surface area contributed by atoms with Crippen LogP contribution in [0.25, 0.3) is 0 Å². The lowest BCUT2D eigenvalue weighted by Gasteiger charge is -2.13. The van der Waals surface area contributed by atoms with Crippen LogP contribution in [0.4, 0.5) is 0 Å². The Morgan fingerprint density at radius 1 is 1.28 bits per heavy atom. The first-order valence-corrected chi connectivity index (χ1v) is 6.45. The Kier molecular flexibility index (Phi) is 6.96. The Balaban J connectivity index is 2.66. The van der Waals surface area contributed by atoms with Gasteiger partial charge in [0, 0.05) is 6.54 Å². The van der Waals surface area contributed by atoms with Crippen molar-refractivity contribution in [2.45, 2.75) is 26.3 Å². The quantitative estimate of drug-likeness (QED) is 0.538. The summed E-state index contributed by atoms with van der Waals surface area (Å²) >= 11 is 0. The molecule has 0 atom stereocenters. The lowest BCUT2D eigenvalue weighted by atomic mass is 10.2. The second-order valence-corrected chi connectivity index (χ2v) is 4.02. The van der Waals surface area contributed by atoms with Crippen LogP contribution >= 0.6 is 0 Å². The van der Waals surface area contributed by atoms with Gasteiger partial charge in [-0.3, -0.25) is 0 Å². The Bertz CT molecular complexity index is 364. The van der Waals surface area contributed by atoms with E-state index in [0.717, 1.165) is 30.9 Å². The molecule has 1 aromatic rings. The second-order valence-electron chi connectivity index (χ2n) is 4.02. The molecule has 0 saturated carbocycles. The third-order valence-electron chi connectivity index (χ3n) is 2.50. The van der Waals surface area contributed by atoms with E-state index in [9.17, 15) is 0 Å². The van der Waals surface area contributed by atoms with Crippen molar-refractivity contribution in [2.75, 3.05) is 20.3 Å². The van der Waals surface area contributed by atoms with Gasteiger partial charge >= 0.3 is 0 Å². The topological polar surface area (TPSA) is 30.5 Å². The van der Waals surface area contributed by atoms with Gasteiger partial charge < -0.3 is 14.8 Å². The summed E-state index contributed by atoms with van der Waals surface area (Å²) in [4.78, 5) is 0. The maximum absolute atomic E-state index is 5.73. The summed E-state index contributed by atoms with van der Waals surface area (Å²) in [7, 11) is 1.93. The molecule has 0 unspecified atom stereocenters. The molecule has 1 aromatic carbocycles. The normalized spacial score (nSPS) is 10.1. The number of unbranched alkanes of at least 4 members (excludes halogenated alkanes) is 1. The smallest absolute Gasteiger partial charge is 0.161 e. The van der Waals surface area contributed by atoms with Gasteiger partial charge in [0.1, 0.15) is 0 Å². The third kappa shape index (κ3) is 4.80. The van der Waals surface area contributed by atoms with Crippen molar-refractivity contribution in [3.63, 3.8) is 0 Å². The zero-order valence-corrected chi connectivity index (χ0v) is 11.4. The maximum Gasteiger partial charge on any atom is 0.161 e. The van der Waals surface area contributed by atoms with E-state index in [1.807, 2.05) is 32.2 Å². The molecule has 0 aliphatic carbocycles. The number of allylic oxidation sites excluding steroid dienone is 1. The van der Waals surface area contributed by atoms with Crippen molar-refractivity contribution in [2.24, 2.45) is 0 Å². The molecular formula is C15H23NO2. The van der Waals surface area contributed by atoms with Gasteiger partial charge in [0.05, 0.1) is 13.2 Å². The molecule has 1 rings (SSSR count). The number of benzene rings is 1. The van der Waals surface area contributed by atoms with Crippen LogP contribution in [0.1, 0.15) is 25.3 Å². The van der Waals surface area contributed by atoms with Crippen LogP contribution in [0.3, 0.4) is 0 Å². The largest absolute Gasteiger partial charge is 0.490 e. The first kappa shape index (κ1) is 14.6. The van der Waals surface area contributed by atoms with Crippen LogP contribution in [0, 0.1) is 0 Å².